The minimum Gasteiger partial charge on any atom is -0.351 e. The Labute approximate surface area is 103 Å². The molecule has 4 heteroatoms. The predicted molar refractivity (Wildman–Crippen MR) is 68.6 cm³/mol. The monoisotopic (exact) mass is 237 g/mol. The standard InChI is InChI=1S/C13H23N3O/c1-10(2)7-13(3,4)16-12(17)6-5-11-8-14-15-9-11/h8-10H,5-7H2,1-4H3,(H,14,15)(H,16,17). The number of nitrogens with zero attached hydrogens (tertiary/aromatic N) is 1. The predicted octanol–water partition coefficient (Wildman–Crippen LogP) is 2.28. The fourth-order valence-corrected chi connectivity index (χ4v) is 2.18. The van der Waals surface area contributed by atoms with E-state index in [0.29, 0.717) is 12.3 Å². The maximum absolute atomic E-state index is 11.8. The summed E-state index contributed by atoms with van der Waals surface area (Å²) in [5.74, 6) is 0.691. The van der Waals surface area contributed by atoms with Crippen LogP contribution in [0.1, 0.15) is 46.1 Å². The third kappa shape index (κ3) is 5.52. The number of carbonyl (C=O) groups is 1. The average molecular weight is 237 g/mol. The molecular formula is C13H23N3O. The fraction of sp³-hybridized carbons (Fsp3) is 0.692. The number of hydrogen-bond donors (Lipinski definition) is 2. The van der Waals surface area contributed by atoms with Crippen molar-refractivity contribution < 1.29 is 4.79 Å². The van der Waals surface area contributed by atoms with Gasteiger partial charge in [-0.2, -0.15) is 5.10 Å². The molecule has 0 fully saturated rings. The molecule has 2 N–H and O–H groups in total. The fourth-order valence-electron chi connectivity index (χ4n) is 2.18. The van der Waals surface area contributed by atoms with Crippen LogP contribution in [0.4, 0.5) is 0 Å². The Kier molecular flexibility index (Phi) is 4.73. The van der Waals surface area contributed by atoms with Gasteiger partial charge >= 0.3 is 0 Å². The van der Waals surface area contributed by atoms with E-state index in [9.17, 15) is 4.79 Å². The highest BCUT2D eigenvalue weighted by atomic mass is 16.1. The zero-order chi connectivity index (χ0) is 12.9. The van der Waals surface area contributed by atoms with Crippen molar-refractivity contribution in [3.8, 4) is 0 Å². The Hall–Kier alpha value is -1.32. The van der Waals surface area contributed by atoms with Crippen LogP contribution in [0.15, 0.2) is 12.4 Å². The molecule has 1 aromatic rings. The Bertz CT molecular complexity index is 342. The molecule has 0 radical (unpaired) electrons. The summed E-state index contributed by atoms with van der Waals surface area (Å²) in [6.07, 6.45) is 5.82. The van der Waals surface area contributed by atoms with E-state index in [2.05, 4.69) is 43.2 Å². The first-order valence-electron chi connectivity index (χ1n) is 6.18. The molecule has 0 spiro atoms. The molecule has 0 saturated heterocycles. The van der Waals surface area contributed by atoms with Gasteiger partial charge in [0.15, 0.2) is 0 Å². The van der Waals surface area contributed by atoms with Crippen LogP contribution in [0.5, 0.6) is 0 Å². The van der Waals surface area contributed by atoms with Crippen molar-refractivity contribution in [2.75, 3.05) is 0 Å². The zero-order valence-corrected chi connectivity index (χ0v) is 11.2. The van der Waals surface area contributed by atoms with Gasteiger partial charge in [0.2, 0.25) is 5.91 Å². The SMILES string of the molecule is CC(C)CC(C)(C)NC(=O)CCc1cn[nH]c1. The molecule has 1 amide bonds. The topological polar surface area (TPSA) is 57.8 Å². The van der Waals surface area contributed by atoms with Crippen LogP contribution in [0.25, 0.3) is 0 Å². The molecule has 0 aliphatic heterocycles. The van der Waals surface area contributed by atoms with Crippen LogP contribution in [0.2, 0.25) is 0 Å². The van der Waals surface area contributed by atoms with Crippen molar-refractivity contribution >= 4 is 5.91 Å². The Morgan fingerprint density at radius 1 is 1.53 bits per heavy atom. The summed E-state index contributed by atoms with van der Waals surface area (Å²) in [4.78, 5) is 11.8. The van der Waals surface area contributed by atoms with E-state index in [1.165, 1.54) is 0 Å². The molecule has 0 bridgehead atoms. The number of amides is 1. The molecule has 1 heterocycles. The molecule has 0 unspecified atom stereocenters. The summed E-state index contributed by atoms with van der Waals surface area (Å²) < 4.78 is 0. The number of aryl methyl sites for hydroxylation is 1. The minimum atomic E-state index is -0.123. The molecule has 0 saturated carbocycles. The van der Waals surface area contributed by atoms with Crippen LogP contribution in [-0.2, 0) is 11.2 Å². The highest BCUT2D eigenvalue weighted by molar-refractivity contribution is 5.76. The molecule has 96 valence electrons. The second-order valence-corrected chi connectivity index (χ2v) is 5.64. The summed E-state index contributed by atoms with van der Waals surface area (Å²) >= 11 is 0. The first-order chi connectivity index (χ1) is 7.89. The molecular weight excluding hydrogens is 214 g/mol. The quantitative estimate of drug-likeness (QED) is 0.797. The Morgan fingerprint density at radius 2 is 2.24 bits per heavy atom. The molecule has 0 aliphatic rings. The number of aromatic amines is 1. The first kappa shape index (κ1) is 13.7. The second kappa shape index (κ2) is 5.84. The van der Waals surface area contributed by atoms with Gasteiger partial charge in [-0.25, -0.2) is 0 Å². The number of nitrogens with one attached hydrogen (secondary N) is 2. The maximum atomic E-state index is 11.8. The van der Waals surface area contributed by atoms with E-state index in [0.717, 1.165) is 18.4 Å². The van der Waals surface area contributed by atoms with Gasteiger partial charge < -0.3 is 5.32 Å². The second-order valence-electron chi connectivity index (χ2n) is 5.64. The summed E-state index contributed by atoms with van der Waals surface area (Å²) in [7, 11) is 0. The van der Waals surface area contributed by atoms with Crippen LogP contribution in [-0.4, -0.2) is 21.6 Å². The van der Waals surface area contributed by atoms with Crippen molar-refractivity contribution in [2.24, 2.45) is 5.92 Å². The average Bonchev–Trinajstić information content (AvgIpc) is 2.63. The third-order valence-electron chi connectivity index (χ3n) is 2.59. The van der Waals surface area contributed by atoms with Crippen molar-refractivity contribution in [2.45, 2.75) is 52.5 Å². The van der Waals surface area contributed by atoms with Crippen LogP contribution < -0.4 is 5.32 Å². The molecule has 0 aliphatic carbocycles. The van der Waals surface area contributed by atoms with E-state index >= 15 is 0 Å². The van der Waals surface area contributed by atoms with Gasteiger partial charge in [-0.1, -0.05) is 13.8 Å². The molecule has 0 aromatic carbocycles. The molecule has 4 nitrogen and oxygen atoms in total. The molecule has 1 rings (SSSR count). The maximum Gasteiger partial charge on any atom is 0.220 e. The van der Waals surface area contributed by atoms with Crippen LogP contribution in [0, 0.1) is 5.92 Å². The highest BCUT2D eigenvalue weighted by Crippen LogP contribution is 2.15. The van der Waals surface area contributed by atoms with E-state index in [1.54, 1.807) is 6.20 Å². The number of carbonyl (C=O) groups excluding carboxylic acids is 1. The number of aromatic nitrogens is 2. The highest BCUT2D eigenvalue weighted by Gasteiger charge is 2.21. The summed E-state index contributed by atoms with van der Waals surface area (Å²) in [5, 5.41) is 9.68. The zero-order valence-electron chi connectivity index (χ0n) is 11.2. The van der Waals surface area contributed by atoms with Crippen molar-refractivity contribution in [3.05, 3.63) is 18.0 Å². The number of rotatable bonds is 6. The van der Waals surface area contributed by atoms with E-state index in [4.69, 9.17) is 0 Å². The summed E-state index contributed by atoms with van der Waals surface area (Å²) in [5.41, 5.74) is 0.948. The smallest absolute Gasteiger partial charge is 0.220 e. The lowest BCUT2D eigenvalue weighted by atomic mass is 9.92. The van der Waals surface area contributed by atoms with Crippen LogP contribution in [0.3, 0.4) is 0 Å². The third-order valence-corrected chi connectivity index (χ3v) is 2.59. The lowest BCUT2D eigenvalue weighted by Crippen LogP contribution is -2.44. The van der Waals surface area contributed by atoms with Crippen molar-refractivity contribution in [1.29, 1.82) is 0 Å². The summed E-state index contributed by atoms with van der Waals surface area (Å²) in [6, 6.07) is 0. The number of hydrogen-bond acceptors (Lipinski definition) is 2. The first-order valence-corrected chi connectivity index (χ1v) is 6.18. The Balaban J connectivity index is 2.33. The van der Waals surface area contributed by atoms with Crippen molar-refractivity contribution in [1.82, 2.24) is 15.5 Å². The molecule has 0 atom stereocenters. The van der Waals surface area contributed by atoms with E-state index in [1.807, 2.05) is 6.20 Å². The van der Waals surface area contributed by atoms with Gasteiger partial charge in [-0.15, -0.1) is 0 Å². The summed E-state index contributed by atoms with van der Waals surface area (Å²) in [6.45, 7) is 8.48. The Morgan fingerprint density at radius 3 is 2.76 bits per heavy atom. The lowest BCUT2D eigenvalue weighted by molar-refractivity contribution is -0.122. The normalized spacial score (nSPS) is 11.8. The molecule has 17 heavy (non-hydrogen) atoms. The van der Waals surface area contributed by atoms with Gasteiger partial charge in [-0.3, -0.25) is 9.89 Å². The van der Waals surface area contributed by atoms with Gasteiger partial charge in [0, 0.05) is 18.2 Å². The van der Waals surface area contributed by atoms with Gasteiger partial charge in [0.1, 0.15) is 0 Å². The van der Waals surface area contributed by atoms with Crippen LogP contribution >= 0.6 is 0 Å². The van der Waals surface area contributed by atoms with Gasteiger partial charge in [0.05, 0.1) is 6.20 Å². The lowest BCUT2D eigenvalue weighted by Gasteiger charge is -2.28. The van der Waals surface area contributed by atoms with Gasteiger partial charge in [0.25, 0.3) is 0 Å². The van der Waals surface area contributed by atoms with Gasteiger partial charge in [-0.05, 0) is 38.2 Å². The minimum absolute atomic E-state index is 0.108. The van der Waals surface area contributed by atoms with Crippen molar-refractivity contribution in [3.63, 3.8) is 0 Å². The number of H-pyrrole nitrogens is 1. The van der Waals surface area contributed by atoms with E-state index < -0.39 is 0 Å². The largest absolute Gasteiger partial charge is 0.351 e. The molecule has 1 aromatic heterocycles. The van der Waals surface area contributed by atoms with E-state index in [-0.39, 0.29) is 11.4 Å².